The molecule has 21 heavy (non-hydrogen) atoms. The Kier molecular flexibility index (Phi) is 4.66. The Balaban J connectivity index is 2.09. The zero-order valence-electron chi connectivity index (χ0n) is 11.9. The number of para-hydroxylation sites is 1. The number of aromatic hydroxyl groups is 1. The SMILES string of the molecule is COc1ccc(C(=O)NCc2ccccc2O)cc1OC. The first-order valence-corrected chi connectivity index (χ1v) is 6.42. The number of hydrogen-bond acceptors (Lipinski definition) is 4. The van der Waals surface area contributed by atoms with Gasteiger partial charge in [0.2, 0.25) is 0 Å². The Morgan fingerprint density at radius 3 is 2.48 bits per heavy atom. The van der Waals surface area contributed by atoms with Gasteiger partial charge in [-0.15, -0.1) is 0 Å². The number of ether oxygens (including phenoxy) is 2. The van der Waals surface area contributed by atoms with Gasteiger partial charge in [-0.2, -0.15) is 0 Å². The van der Waals surface area contributed by atoms with Crippen LogP contribution in [-0.4, -0.2) is 25.2 Å². The van der Waals surface area contributed by atoms with Crippen LogP contribution in [0.15, 0.2) is 42.5 Å². The number of phenols is 1. The summed E-state index contributed by atoms with van der Waals surface area (Å²) < 4.78 is 10.3. The number of amides is 1. The van der Waals surface area contributed by atoms with E-state index in [2.05, 4.69) is 5.32 Å². The van der Waals surface area contributed by atoms with Crippen LogP contribution in [0.25, 0.3) is 0 Å². The Hall–Kier alpha value is -2.69. The lowest BCUT2D eigenvalue weighted by molar-refractivity contribution is 0.0950. The molecule has 2 aromatic carbocycles. The van der Waals surface area contributed by atoms with Crippen molar-refractivity contribution in [2.75, 3.05) is 14.2 Å². The molecule has 0 atom stereocenters. The number of hydrogen-bond donors (Lipinski definition) is 2. The average Bonchev–Trinajstić information content (AvgIpc) is 2.53. The van der Waals surface area contributed by atoms with Crippen molar-refractivity contribution in [3.8, 4) is 17.2 Å². The number of methoxy groups -OCH3 is 2. The topological polar surface area (TPSA) is 67.8 Å². The van der Waals surface area contributed by atoms with Crippen LogP contribution in [0, 0.1) is 0 Å². The summed E-state index contributed by atoms with van der Waals surface area (Å²) in [5, 5.41) is 12.4. The minimum atomic E-state index is -0.251. The first kappa shape index (κ1) is 14.7. The lowest BCUT2D eigenvalue weighted by Crippen LogP contribution is -2.22. The summed E-state index contributed by atoms with van der Waals surface area (Å²) in [7, 11) is 3.05. The van der Waals surface area contributed by atoms with E-state index in [9.17, 15) is 9.90 Å². The van der Waals surface area contributed by atoms with Crippen molar-refractivity contribution in [3.63, 3.8) is 0 Å². The molecule has 2 N–H and O–H groups in total. The molecule has 0 fully saturated rings. The van der Waals surface area contributed by atoms with Crippen molar-refractivity contribution < 1.29 is 19.4 Å². The smallest absolute Gasteiger partial charge is 0.251 e. The van der Waals surface area contributed by atoms with Gasteiger partial charge in [-0.25, -0.2) is 0 Å². The van der Waals surface area contributed by atoms with E-state index in [0.29, 0.717) is 22.6 Å². The fourth-order valence-electron chi connectivity index (χ4n) is 1.92. The number of benzene rings is 2. The first-order valence-electron chi connectivity index (χ1n) is 6.42. The molecule has 110 valence electrons. The normalized spacial score (nSPS) is 10.0. The second-order valence-corrected chi connectivity index (χ2v) is 4.38. The fraction of sp³-hybridized carbons (Fsp3) is 0.188. The zero-order chi connectivity index (χ0) is 15.2. The summed E-state index contributed by atoms with van der Waals surface area (Å²) in [5.41, 5.74) is 1.12. The van der Waals surface area contributed by atoms with Gasteiger partial charge in [-0.3, -0.25) is 4.79 Å². The number of nitrogens with one attached hydrogen (secondary N) is 1. The van der Waals surface area contributed by atoms with Gasteiger partial charge in [0.05, 0.1) is 14.2 Å². The number of rotatable bonds is 5. The van der Waals surface area contributed by atoms with Gasteiger partial charge in [0.1, 0.15) is 5.75 Å². The minimum Gasteiger partial charge on any atom is -0.508 e. The standard InChI is InChI=1S/C16H17NO4/c1-20-14-8-7-11(9-15(14)21-2)16(19)17-10-12-5-3-4-6-13(12)18/h3-9,18H,10H2,1-2H3,(H,17,19). The third-order valence-corrected chi connectivity index (χ3v) is 3.08. The molecule has 0 aliphatic heterocycles. The molecule has 0 saturated carbocycles. The van der Waals surface area contributed by atoms with E-state index in [0.717, 1.165) is 0 Å². The predicted octanol–water partition coefficient (Wildman–Crippen LogP) is 2.34. The molecule has 0 radical (unpaired) electrons. The predicted molar refractivity (Wildman–Crippen MR) is 78.8 cm³/mol. The van der Waals surface area contributed by atoms with Crippen molar-refractivity contribution in [1.82, 2.24) is 5.32 Å². The van der Waals surface area contributed by atoms with Gasteiger partial charge in [0.15, 0.2) is 11.5 Å². The second-order valence-electron chi connectivity index (χ2n) is 4.38. The first-order chi connectivity index (χ1) is 10.2. The van der Waals surface area contributed by atoms with Crippen LogP contribution in [0.2, 0.25) is 0 Å². The van der Waals surface area contributed by atoms with Gasteiger partial charge in [-0.1, -0.05) is 18.2 Å². The number of carbonyl (C=O) groups excluding carboxylic acids is 1. The van der Waals surface area contributed by atoms with Crippen molar-refractivity contribution in [1.29, 1.82) is 0 Å². The van der Waals surface area contributed by atoms with Crippen molar-refractivity contribution >= 4 is 5.91 Å². The molecule has 0 heterocycles. The monoisotopic (exact) mass is 287 g/mol. The van der Waals surface area contributed by atoms with Gasteiger partial charge in [-0.05, 0) is 24.3 Å². The van der Waals surface area contributed by atoms with Crippen molar-refractivity contribution in [2.45, 2.75) is 6.54 Å². The van der Waals surface area contributed by atoms with E-state index in [1.807, 2.05) is 0 Å². The van der Waals surface area contributed by atoms with Crippen molar-refractivity contribution in [2.24, 2.45) is 0 Å². The summed E-state index contributed by atoms with van der Waals surface area (Å²) in [6.07, 6.45) is 0. The van der Waals surface area contributed by atoms with E-state index in [1.165, 1.54) is 14.2 Å². The summed E-state index contributed by atoms with van der Waals surface area (Å²) >= 11 is 0. The molecule has 5 nitrogen and oxygen atoms in total. The molecule has 0 unspecified atom stereocenters. The Morgan fingerprint density at radius 1 is 1.10 bits per heavy atom. The number of carbonyl (C=O) groups is 1. The van der Waals surface area contributed by atoms with Crippen LogP contribution in [0.4, 0.5) is 0 Å². The lowest BCUT2D eigenvalue weighted by atomic mass is 10.1. The van der Waals surface area contributed by atoms with E-state index < -0.39 is 0 Å². The third kappa shape index (κ3) is 3.45. The van der Waals surface area contributed by atoms with Gasteiger partial charge in [0.25, 0.3) is 5.91 Å². The highest BCUT2D eigenvalue weighted by molar-refractivity contribution is 5.94. The number of phenolic OH excluding ortho intramolecular Hbond substituents is 1. The summed E-state index contributed by atoms with van der Waals surface area (Å²) in [6.45, 7) is 0.250. The average molecular weight is 287 g/mol. The maximum Gasteiger partial charge on any atom is 0.251 e. The van der Waals surface area contributed by atoms with E-state index in [4.69, 9.17) is 9.47 Å². The summed E-state index contributed by atoms with van der Waals surface area (Å²) in [6, 6.07) is 11.8. The molecule has 0 aliphatic rings. The van der Waals surface area contributed by atoms with Crippen LogP contribution >= 0.6 is 0 Å². The molecule has 0 bridgehead atoms. The molecular formula is C16H17NO4. The van der Waals surface area contributed by atoms with Crippen molar-refractivity contribution in [3.05, 3.63) is 53.6 Å². The molecule has 1 amide bonds. The molecule has 2 aromatic rings. The Bertz CT molecular complexity index is 640. The zero-order valence-corrected chi connectivity index (χ0v) is 11.9. The summed E-state index contributed by atoms with van der Waals surface area (Å²) in [4.78, 5) is 12.1. The molecule has 0 saturated heterocycles. The molecule has 2 rings (SSSR count). The lowest BCUT2D eigenvalue weighted by Gasteiger charge is -2.10. The molecular weight excluding hydrogens is 270 g/mol. The van der Waals surface area contributed by atoms with E-state index in [1.54, 1.807) is 42.5 Å². The van der Waals surface area contributed by atoms with Gasteiger partial charge in [0, 0.05) is 17.7 Å². The Morgan fingerprint density at radius 2 is 1.81 bits per heavy atom. The molecule has 0 aromatic heterocycles. The second kappa shape index (κ2) is 6.65. The highest BCUT2D eigenvalue weighted by Crippen LogP contribution is 2.27. The summed E-state index contributed by atoms with van der Waals surface area (Å²) in [5.74, 6) is 0.965. The van der Waals surface area contributed by atoms with E-state index >= 15 is 0 Å². The molecule has 0 aliphatic carbocycles. The largest absolute Gasteiger partial charge is 0.508 e. The van der Waals surface area contributed by atoms with Gasteiger partial charge >= 0.3 is 0 Å². The molecule has 0 spiro atoms. The van der Waals surface area contributed by atoms with Crippen LogP contribution in [0.3, 0.4) is 0 Å². The van der Waals surface area contributed by atoms with E-state index in [-0.39, 0.29) is 18.2 Å². The highest BCUT2D eigenvalue weighted by Gasteiger charge is 2.11. The molecule has 5 heteroatoms. The van der Waals surface area contributed by atoms with Crippen LogP contribution < -0.4 is 14.8 Å². The minimum absolute atomic E-state index is 0.158. The third-order valence-electron chi connectivity index (χ3n) is 3.08. The van der Waals surface area contributed by atoms with Crippen LogP contribution in [-0.2, 0) is 6.54 Å². The van der Waals surface area contributed by atoms with Crippen LogP contribution in [0.5, 0.6) is 17.2 Å². The Labute approximate surface area is 123 Å². The van der Waals surface area contributed by atoms with Crippen LogP contribution in [0.1, 0.15) is 15.9 Å². The maximum absolute atomic E-state index is 12.1. The van der Waals surface area contributed by atoms with Gasteiger partial charge < -0.3 is 19.9 Å². The highest BCUT2D eigenvalue weighted by atomic mass is 16.5. The maximum atomic E-state index is 12.1. The fourth-order valence-corrected chi connectivity index (χ4v) is 1.92. The quantitative estimate of drug-likeness (QED) is 0.885.